The molecule has 8 nitrogen and oxygen atoms in total. The normalized spacial score (nSPS) is 21.7. The molecule has 0 saturated heterocycles. The van der Waals surface area contributed by atoms with Gasteiger partial charge in [-0.3, -0.25) is 14.2 Å². The summed E-state index contributed by atoms with van der Waals surface area (Å²) >= 11 is 0. The molecule has 4 rings (SSSR count). The first-order valence-corrected chi connectivity index (χ1v) is 10.3. The van der Waals surface area contributed by atoms with E-state index in [0.717, 1.165) is 29.9 Å². The fourth-order valence-electron chi connectivity index (χ4n) is 4.73. The molecule has 0 radical (unpaired) electrons. The highest BCUT2D eigenvalue weighted by atomic mass is 16.2. The number of aromatic nitrogens is 4. The maximum absolute atomic E-state index is 13.3. The van der Waals surface area contributed by atoms with Crippen LogP contribution in [-0.4, -0.2) is 37.1 Å². The molecule has 2 atom stereocenters. The number of carbonyl (C=O) groups excluding carboxylic acids is 1. The third-order valence-electron chi connectivity index (χ3n) is 6.41. The molecule has 152 valence electrons. The average Bonchev–Trinajstić information content (AvgIpc) is 3.06. The summed E-state index contributed by atoms with van der Waals surface area (Å²) in [5, 5.41) is 0. The second kappa shape index (κ2) is 6.90. The monoisotopic (exact) mass is 387 g/mol. The van der Waals surface area contributed by atoms with Crippen LogP contribution in [0.1, 0.15) is 58.9 Å². The van der Waals surface area contributed by atoms with Crippen molar-refractivity contribution in [2.45, 2.75) is 71.5 Å². The van der Waals surface area contributed by atoms with Crippen molar-refractivity contribution in [3.05, 3.63) is 20.8 Å². The van der Waals surface area contributed by atoms with E-state index in [1.54, 1.807) is 14.0 Å². The number of hydrogen-bond acceptors (Lipinski definition) is 5. The van der Waals surface area contributed by atoms with E-state index >= 15 is 0 Å². The third kappa shape index (κ3) is 2.81. The van der Waals surface area contributed by atoms with E-state index in [4.69, 9.17) is 4.98 Å². The van der Waals surface area contributed by atoms with Crippen molar-refractivity contribution in [2.24, 2.45) is 13.0 Å². The number of anilines is 1. The van der Waals surface area contributed by atoms with Gasteiger partial charge in [0.25, 0.3) is 5.56 Å². The Kier molecular flexibility index (Phi) is 4.67. The smallest absolute Gasteiger partial charge is 0.333 e. The Balaban J connectivity index is 1.96. The Hall–Kier alpha value is -2.38. The van der Waals surface area contributed by atoms with E-state index in [-0.39, 0.29) is 5.78 Å². The molecule has 1 aliphatic carbocycles. The molecule has 0 bridgehead atoms. The number of hydrogen-bond donors (Lipinski definition) is 0. The second-order valence-electron chi connectivity index (χ2n) is 8.55. The maximum Gasteiger partial charge on any atom is 0.333 e. The van der Waals surface area contributed by atoms with Gasteiger partial charge in [0.15, 0.2) is 16.9 Å². The Bertz CT molecular complexity index is 1040. The highest BCUT2D eigenvalue weighted by Crippen LogP contribution is 2.33. The molecular formula is C20H29N5O3. The molecule has 1 saturated carbocycles. The molecular weight excluding hydrogens is 358 g/mol. The van der Waals surface area contributed by atoms with E-state index in [9.17, 15) is 14.4 Å². The quantitative estimate of drug-likeness (QED) is 0.803. The highest BCUT2D eigenvalue weighted by Gasteiger charge is 2.33. The lowest BCUT2D eigenvalue weighted by molar-refractivity contribution is -0.119. The highest BCUT2D eigenvalue weighted by molar-refractivity contribution is 5.80. The minimum atomic E-state index is -0.794. The van der Waals surface area contributed by atoms with Gasteiger partial charge in [0.1, 0.15) is 0 Å². The molecule has 1 aliphatic heterocycles. The molecule has 0 N–H and O–H groups in total. The van der Waals surface area contributed by atoms with Crippen LogP contribution in [0, 0.1) is 5.92 Å². The largest absolute Gasteiger partial charge is 0.339 e. The molecule has 28 heavy (non-hydrogen) atoms. The van der Waals surface area contributed by atoms with E-state index in [1.165, 1.54) is 30.8 Å². The fourth-order valence-corrected chi connectivity index (χ4v) is 4.73. The number of nitrogens with zero attached hydrogens (tertiary/aromatic N) is 5. The molecule has 2 aromatic rings. The summed E-state index contributed by atoms with van der Waals surface area (Å²) in [6.07, 6.45) is 5.99. The van der Waals surface area contributed by atoms with Gasteiger partial charge < -0.3 is 9.47 Å². The second-order valence-corrected chi connectivity index (χ2v) is 8.55. The molecule has 0 unspecified atom stereocenters. The zero-order valence-electron chi connectivity index (χ0n) is 17.1. The van der Waals surface area contributed by atoms with Gasteiger partial charge in [-0.05, 0) is 32.6 Å². The molecule has 0 amide bonds. The van der Waals surface area contributed by atoms with Crippen molar-refractivity contribution in [3.8, 4) is 0 Å². The fraction of sp³-hybridized carbons (Fsp3) is 0.700. The van der Waals surface area contributed by atoms with E-state index in [0.29, 0.717) is 29.7 Å². The zero-order valence-corrected chi connectivity index (χ0v) is 17.1. The summed E-state index contributed by atoms with van der Waals surface area (Å²) in [6, 6.07) is -0.361. The summed E-state index contributed by atoms with van der Waals surface area (Å²) in [5.41, 5.74) is -0.0744. The predicted octanol–water partition coefficient (Wildman–Crippen LogP) is 1.84. The zero-order chi connectivity index (χ0) is 20.2. The SMILES string of the molecule is CC(=O)[C@H](C)n1c(=O)c2c(nc3n2C[C@@H](C)CN3C2CCCCC2)n(C)c1=O. The summed E-state index contributed by atoms with van der Waals surface area (Å²) in [4.78, 5) is 45.1. The number of ketones is 1. The van der Waals surface area contributed by atoms with Gasteiger partial charge in [-0.1, -0.05) is 26.2 Å². The van der Waals surface area contributed by atoms with E-state index in [2.05, 4.69) is 11.8 Å². The van der Waals surface area contributed by atoms with Gasteiger partial charge in [0.05, 0.1) is 6.04 Å². The van der Waals surface area contributed by atoms with Gasteiger partial charge in [-0.25, -0.2) is 9.36 Å². The van der Waals surface area contributed by atoms with Crippen LogP contribution in [0.25, 0.3) is 11.2 Å². The lowest BCUT2D eigenvalue weighted by Gasteiger charge is -2.40. The van der Waals surface area contributed by atoms with Gasteiger partial charge in [0.2, 0.25) is 5.95 Å². The predicted molar refractivity (Wildman–Crippen MR) is 108 cm³/mol. The van der Waals surface area contributed by atoms with Crippen LogP contribution in [0.5, 0.6) is 0 Å². The topological polar surface area (TPSA) is 82.1 Å². The molecule has 2 aliphatic rings. The summed E-state index contributed by atoms with van der Waals surface area (Å²) in [7, 11) is 1.63. The van der Waals surface area contributed by atoms with Crippen LogP contribution in [0.15, 0.2) is 9.59 Å². The molecule has 3 heterocycles. The average molecular weight is 387 g/mol. The molecule has 2 aromatic heterocycles. The Morgan fingerprint density at radius 3 is 2.46 bits per heavy atom. The number of Topliss-reactive ketones (excluding diaryl/α,β-unsaturated/α-hetero) is 1. The van der Waals surface area contributed by atoms with Crippen LogP contribution in [0.2, 0.25) is 0 Å². The lowest BCUT2D eigenvalue weighted by atomic mass is 9.93. The minimum Gasteiger partial charge on any atom is -0.339 e. The Morgan fingerprint density at radius 1 is 1.14 bits per heavy atom. The third-order valence-corrected chi connectivity index (χ3v) is 6.41. The molecule has 8 heteroatoms. The van der Waals surface area contributed by atoms with Crippen LogP contribution in [-0.2, 0) is 18.4 Å². The Morgan fingerprint density at radius 2 is 1.82 bits per heavy atom. The van der Waals surface area contributed by atoms with Crippen LogP contribution < -0.4 is 16.1 Å². The van der Waals surface area contributed by atoms with Crippen LogP contribution in [0.4, 0.5) is 5.95 Å². The van der Waals surface area contributed by atoms with Gasteiger partial charge >= 0.3 is 5.69 Å². The first kappa shape index (κ1) is 19.0. The van der Waals surface area contributed by atoms with E-state index in [1.807, 2.05) is 4.57 Å². The van der Waals surface area contributed by atoms with Gasteiger partial charge in [0, 0.05) is 26.2 Å². The summed E-state index contributed by atoms with van der Waals surface area (Å²) in [6.45, 7) is 6.79. The number of imidazole rings is 1. The summed E-state index contributed by atoms with van der Waals surface area (Å²) < 4.78 is 4.46. The van der Waals surface area contributed by atoms with Gasteiger partial charge in [-0.15, -0.1) is 0 Å². The van der Waals surface area contributed by atoms with Crippen molar-refractivity contribution in [1.82, 2.24) is 18.7 Å². The standard InChI is InChI=1S/C20H29N5O3/c1-12-10-23(15-8-6-5-7-9-15)19-21-17-16(24(19)11-12)18(27)25(13(2)14(3)26)20(28)22(17)4/h12-13,15H,5-11H2,1-4H3/t12-,13-/m0/s1. The molecule has 0 aromatic carbocycles. The van der Waals surface area contributed by atoms with Gasteiger partial charge in [-0.2, -0.15) is 4.98 Å². The number of carbonyl (C=O) groups is 1. The summed E-state index contributed by atoms with van der Waals surface area (Å²) in [5.74, 6) is 0.955. The maximum atomic E-state index is 13.3. The van der Waals surface area contributed by atoms with Crippen molar-refractivity contribution in [3.63, 3.8) is 0 Å². The van der Waals surface area contributed by atoms with Crippen LogP contribution in [0.3, 0.4) is 0 Å². The minimum absolute atomic E-state index is 0.214. The number of rotatable bonds is 3. The van der Waals surface area contributed by atoms with Crippen molar-refractivity contribution in [1.29, 1.82) is 0 Å². The van der Waals surface area contributed by atoms with Crippen molar-refractivity contribution >= 4 is 22.9 Å². The molecule has 0 spiro atoms. The van der Waals surface area contributed by atoms with Crippen molar-refractivity contribution < 1.29 is 4.79 Å². The lowest BCUT2D eigenvalue weighted by Crippen LogP contribution is -2.46. The number of aryl methyl sites for hydroxylation is 1. The first-order valence-electron chi connectivity index (χ1n) is 10.3. The Labute approximate surface area is 163 Å². The molecule has 1 fully saturated rings. The van der Waals surface area contributed by atoms with Crippen molar-refractivity contribution in [2.75, 3.05) is 11.4 Å². The first-order chi connectivity index (χ1) is 13.3. The number of fused-ring (bicyclic) bond motifs is 3. The van der Waals surface area contributed by atoms with Crippen LogP contribution >= 0.6 is 0 Å². The van der Waals surface area contributed by atoms with E-state index < -0.39 is 17.3 Å².